The minimum Gasteiger partial charge on any atom is -0.502 e. The lowest BCUT2D eigenvalue weighted by Gasteiger charge is -2.10. The number of phenols is 1. The maximum atomic E-state index is 10.9. The molecule has 0 aliphatic rings. The number of rotatable bonds is 8. The molecular formula is C14H19NO4. The lowest BCUT2D eigenvalue weighted by molar-refractivity contribution is -0.116. The van der Waals surface area contributed by atoms with E-state index in [-0.39, 0.29) is 11.7 Å². The Labute approximate surface area is 112 Å². The number of carbonyl (C=O) groups is 1. The minimum absolute atomic E-state index is 0.00459. The van der Waals surface area contributed by atoms with Crippen molar-refractivity contribution < 1.29 is 19.4 Å². The van der Waals surface area contributed by atoms with Gasteiger partial charge in [-0.05, 0) is 31.1 Å². The molecule has 1 rings (SSSR count). The van der Waals surface area contributed by atoms with Crippen LogP contribution in [-0.4, -0.2) is 31.3 Å². The Balaban J connectivity index is 2.26. The smallest absolute Gasteiger partial charge is 0.243 e. The van der Waals surface area contributed by atoms with Crippen LogP contribution < -0.4 is 14.8 Å². The van der Waals surface area contributed by atoms with Crippen molar-refractivity contribution >= 4 is 5.91 Å². The molecule has 0 atom stereocenters. The second-order valence-electron chi connectivity index (χ2n) is 3.86. The predicted octanol–water partition coefficient (Wildman–Crippen LogP) is 1.86. The van der Waals surface area contributed by atoms with Gasteiger partial charge in [0.05, 0.1) is 13.7 Å². The minimum atomic E-state index is -0.175. The van der Waals surface area contributed by atoms with Crippen molar-refractivity contribution in [1.29, 1.82) is 0 Å². The van der Waals surface area contributed by atoms with Crippen molar-refractivity contribution in [2.75, 3.05) is 20.3 Å². The molecular weight excluding hydrogens is 246 g/mol. The Morgan fingerprint density at radius 2 is 2.16 bits per heavy atom. The molecule has 2 N–H and O–H groups in total. The van der Waals surface area contributed by atoms with E-state index in [1.807, 2.05) is 0 Å². The van der Waals surface area contributed by atoms with Gasteiger partial charge in [0.15, 0.2) is 11.5 Å². The van der Waals surface area contributed by atoms with Crippen LogP contribution in [0.3, 0.4) is 0 Å². The summed E-state index contributed by atoms with van der Waals surface area (Å²) in [5.41, 5.74) is 0. The summed E-state index contributed by atoms with van der Waals surface area (Å²) < 4.78 is 10.4. The summed E-state index contributed by atoms with van der Waals surface area (Å²) in [6.07, 6.45) is 2.81. The van der Waals surface area contributed by atoms with Gasteiger partial charge >= 0.3 is 0 Å². The Kier molecular flexibility index (Phi) is 6.29. The van der Waals surface area contributed by atoms with Crippen LogP contribution in [0.2, 0.25) is 0 Å². The molecule has 0 saturated carbocycles. The number of phenolic OH excluding ortho intramolecular Hbond substituents is 1. The van der Waals surface area contributed by atoms with Crippen LogP contribution in [0.25, 0.3) is 0 Å². The molecule has 0 aromatic heterocycles. The summed E-state index contributed by atoms with van der Waals surface area (Å²) in [5.74, 6) is 0.613. The number of hydrogen-bond donors (Lipinski definition) is 2. The van der Waals surface area contributed by atoms with Crippen molar-refractivity contribution in [1.82, 2.24) is 5.32 Å². The maximum Gasteiger partial charge on any atom is 0.243 e. The van der Waals surface area contributed by atoms with E-state index < -0.39 is 0 Å². The van der Waals surface area contributed by atoms with Gasteiger partial charge in [0.1, 0.15) is 0 Å². The highest BCUT2D eigenvalue weighted by Gasteiger charge is 2.07. The molecule has 0 unspecified atom stereocenters. The molecule has 0 fully saturated rings. The van der Waals surface area contributed by atoms with E-state index in [4.69, 9.17) is 9.47 Å². The van der Waals surface area contributed by atoms with E-state index in [0.29, 0.717) is 24.7 Å². The molecule has 5 heteroatoms. The maximum absolute atomic E-state index is 10.9. The summed E-state index contributed by atoms with van der Waals surface area (Å²) in [5, 5.41) is 12.5. The van der Waals surface area contributed by atoms with Crippen LogP contribution in [0.15, 0.2) is 30.9 Å². The van der Waals surface area contributed by atoms with Crippen LogP contribution in [-0.2, 0) is 4.79 Å². The third-order valence-corrected chi connectivity index (χ3v) is 2.50. The van der Waals surface area contributed by atoms with Crippen molar-refractivity contribution in [3.63, 3.8) is 0 Å². The highest BCUT2D eigenvalue weighted by Crippen LogP contribution is 2.35. The summed E-state index contributed by atoms with van der Waals surface area (Å²) >= 11 is 0. The van der Waals surface area contributed by atoms with Gasteiger partial charge in [-0.1, -0.05) is 12.6 Å². The van der Waals surface area contributed by atoms with Gasteiger partial charge in [-0.15, -0.1) is 0 Å². The van der Waals surface area contributed by atoms with Crippen LogP contribution in [0.1, 0.15) is 12.8 Å². The number of amides is 1. The van der Waals surface area contributed by atoms with Gasteiger partial charge in [0, 0.05) is 6.54 Å². The van der Waals surface area contributed by atoms with E-state index in [2.05, 4.69) is 11.9 Å². The summed E-state index contributed by atoms with van der Waals surface area (Å²) in [6.45, 7) is 4.41. The van der Waals surface area contributed by atoms with Crippen LogP contribution >= 0.6 is 0 Å². The molecule has 0 bridgehead atoms. The molecule has 19 heavy (non-hydrogen) atoms. The predicted molar refractivity (Wildman–Crippen MR) is 72.6 cm³/mol. The molecule has 0 aliphatic heterocycles. The van der Waals surface area contributed by atoms with E-state index in [9.17, 15) is 9.90 Å². The third-order valence-electron chi connectivity index (χ3n) is 2.50. The molecule has 0 aliphatic carbocycles. The zero-order valence-corrected chi connectivity index (χ0v) is 11.0. The van der Waals surface area contributed by atoms with Gasteiger partial charge in [0.25, 0.3) is 0 Å². The number of hydrogen-bond acceptors (Lipinski definition) is 4. The first-order valence-corrected chi connectivity index (χ1v) is 6.08. The van der Waals surface area contributed by atoms with Gasteiger partial charge < -0.3 is 19.9 Å². The van der Waals surface area contributed by atoms with Crippen molar-refractivity contribution in [3.05, 3.63) is 30.9 Å². The summed E-state index contributed by atoms with van der Waals surface area (Å²) in [7, 11) is 1.49. The number of benzene rings is 1. The van der Waals surface area contributed by atoms with Crippen LogP contribution in [0, 0.1) is 0 Å². The monoisotopic (exact) mass is 265 g/mol. The van der Waals surface area contributed by atoms with Gasteiger partial charge in [0.2, 0.25) is 11.7 Å². The van der Waals surface area contributed by atoms with E-state index in [1.165, 1.54) is 13.2 Å². The van der Waals surface area contributed by atoms with Gasteiger partial charge in [-0.3, -0.25) is 4.79 Å². The number of ether oxygens (including phenoxy) is 2. The number of aromatic hydroxyl groups is 1. The molecule has 5 nitrogen and oxygen atoms in total. The number of methoxy groups -OCH3 is 1. The number of unbranched alkanes of at least 4 members (excludes halogenated alkanes) is 1. The molecule has 1 aromatic rings. The van der Waals surface area contributed by atoms with Gasteiger partial charge in [-0.2, -0.15) is 0 Å². The Bertz CT molecular complexity index is 431. The fraction of sp³-hybridized carbons (Fsp3) is 0.357. The molecule has 0 spiro atoms. The zero-order chi connectivity index (χ0) is 14.1. The lowest BCUT2D eigenvalue weighted by Crippen LogP contribution is -2.22. The largest absolute Gasteiger partial charge is 0.502 e. The second kappa shape index (κ2) is 8.02. The summed E-state index contributed by atoms with van der Waals surface area (Å²) in [6, 6.07) is 5.09. The molecule has 1 aromatic carbocycles. The Morgan fingerprint density at radius 1 is 1.42 bits per heavy atom. The molecule has 0 heterocycles. The first-order valence-electron chi connectivity index (χ1n) is 6.08. The molecule has 104 valence electrons. The third kappa shape index (κ3) is 4.91. The second-order valence-corrected chi connectivity index (χ2v) is 3.86. The SMILES string of the molecule is C=CC(=O)NCCCCOc1cccc(OC)c1O. The highest BCUT2D eigenvalue weighted by molar-refractivity contribution is 5.86. The zero-order valence-electron chi connectivity index (χ0n) is 11.0. The molecule has 0 saturated heterocycles. The lowest BCUT2D eigenvalue weighted by atomic mass is 10.3. The Hall–Kier alpha value is -2.17. The summed E-state index contributed by atoms with van der Waals surface area (Å²) in [4.78, 5) is 10.9. The number of para-hydroxylation sites is 1. The first kappa shape index (κ1) is 14.9. The normalized spacial score (nSPS) is 9.74. The standard InChI is InChI=1S/C14H19NO4/c1-3-13(16)15-9-4-5-10-19-12-8-6-7-11(18-2)14(12)17/h3,6-8,17H,1,4-5,9-10H2,2H3,(H,15,16). The fourth-order valence-electron chi connectivity index (χ4n) is 1.48. The number of carbonyl (C=O) groups excluding carboxylic acids is 1. The van der Waals surface area contributed by atoms with E-state index in [0.717, 1.165) is 12.8 Å². The van der Waals surface area contributed by atoms with Crippen LogP contribution in [0.5, 0.6) is 17.2 Å². The van der Waals surface area contributed by atoms with E-state index >= 15 is 0 Å². The highest BCUT2D eigenvalue weighted by atomic mass is 16.5. The fourth-order valence-corrected chi connectivity index (χ4v) is 1.48. The quantitative estimate of drug-likeness (QED) is 0.556. The molecule has 0 radical (unpaired) electrons. The van der Waals surface area contributed by atoms with Gasteiger partial charge in [-0.25, -0.2) is 0 Å². The van der Waals surface area contributed by atoms with Crippen LogP contribution in [0.4, 0.5) is 0 Å². The topological polar surface area (TPSA) is 67.8 Å². The first-order chi connectivity index (χ1) is 9.19. The molecule has 1 amide bonds. The van der Waals surface area contributed by atoms with Crippen molar-refractivity contribution in [3.8, 4) is 17.2 Å². The van der Waals surface area contributed by atoms with Crippen molar-refractivity contribution in [2.45, 2.75) is 12.8 Å². The average molecular weight is 265 g/mol. The van der Waals surface area contributed by atoms with E-state index in [1.54, 1.807) is 18.2 Å². The van der Waals surface area contributed by atoms with Crippen molar-refractivity contribution in [2.24, 2.45) is 0 Å². The Morgan fingerprint density at radius 3 is 2.84 bits per heavy atom. The average Bonchev–Trinajstić information content (AvgIpc) is 2.43. The number of nitrogens with one attached hydrogen (secondary N) is 1.